The first-order valence-corrected chi connectivity index (χ1v) is 14.2. The minimum atomic E-state index is -1.18. The molecule has 3 aromatic rings. The first-order chi connectivity index (χ1) is 18.4. The van der Waals surface area contributed by atoms with Crippen molar-refractivity contribution in [2.45, 2.75) is 42.7 Å². The van der Waals surface area contributed by atoms with Gasteiger partial charge in [0.15, 0.2) is 4.34 Å². The van der Waals surface area contributed by atoms with E-state index < -0.39 is 17.2 Å². The molecule has 1 fully saturated rings. The summed E-state index contributed by atoms with van der Waals surface area (Å²) in [5, 5.41) is 1.71. The fourth-order valence-electron chi connectivity index (χ4n) is 4.09. The van der Waals surface area contributed by atoms with Crippen molar-refractivity contribution < 1.29 is 28.7 Å². The minimum Gasteiger partial charge on any atom is -0.465 e. The summed E-state index contributed by atoms with van der Waals surface area (Å²) in [5.74, 6) is -1.87. The van der Waals surface area contributed by atoms with Gasteiger partial charge in [-0.2, -0.15) is 0 Å². The number of nitrogens with one attached hydrogen (secondary N) is 1. The van der Waals surface area contributed by atoms with Crippen molar-refractivity contribution in [3.8, 4) is 0 Å². The molecule has 2 aromatic carbocycles. The van der Waals surface area contributed by atoms with Gasteiger partial charge in [-0.15, -0.1) is 11.3 Å². The number of thiazole rings is 1. The predicted molar refractivity (Wildman–Crippen MR) is 147 cm³/mol. The molecule has 0 spiro atoms. The molecule has 0 saturated carbocycles. The van der Waals surface area contributed by atoms with Crippen LogP contribution in [0.4, 0.5) is 5.69 Å². The molecule has 1 aliphatic heterocycles. The Hall–Kier alpha value is -3.44. The second kappa shape index (κ2) is 12.9. The van der Waals surface area contributed by atoms with Crippen LogP contribution in [0.1, 0.15) is 53.8 Å². The second-order valence-corrected chi connectivity index (χ2v) is 10.9. The number of nitrogens with zero attached hydrogens (tertiary/aromatic N) is 2. The van der Waals surface area contributed by atoms with Gasteiger partial charge in [0, 0.05) is 18.8 Å². The number of carbonyl (C=O) groups is 4. The topological polar surface area (TPSA) is 115 Å². The van der Waals surface area contributed by atoms with Gasteiger partial charge in [0.05, 0.1) is 34.6 Å². The summed E-state index contributed by atoms with van der Waals surface area (Å²) in [7, 11) is 0. The Kier molecular flexibility index (Phi) is 9.35. The van der Waals surface area contributed by atoms with E-state index in [1.165, 1.54) is 11.3 Å². The molecule has 1 N–H and O–H groups in total. The molecule has 0 bridgehead atoms. The van der Waals surface area contributed by atoms with Crippen LogP contribution in [0.2, 0.25) is 0 Å². The van der Waals surface area contributed by atoms with Crippen LogP contribution in [0.25, 0.3) is 10.2 Å². The summed E-state index contributed by atoms with van der Waals surface area (Å²) >= 11 is 2.26. The molecule has 0 radical (unpaired) electrons. The molecule has 11 heteroatoms. The van der Waals surface area contributed by atoms with E-state index in [1.807, 2.05) is 0 Å². The van der Waals surface area contributed by atoms with Gasteiger partial charge in [-0.1, -0.05) is 23.9 Å². The Morgan fingerprint density at radius 2 is 1.63 bits per heavy atom. The van der Waals surface area contributed by atoms with Crippen LogP contribution in [0, 0.1) is 0 Å². The molecule has 4 rings (SSSR count). The monoisotopic (exact) mass is 555 g/mol. The number of fused-ring (bicyclic) bond motifs is 1. The van der Waals surface area contributed by atoms with Crippen LogP contribution in [-0.4, -0.2) is 65.2 Å². The molecule has 200 valence electrons. The van der Waals surface area contributed by atoms with Crippen molar-refractivity contribution in [1.82, 2.24) is 9.88 Å². The average molecular weight is 556 g/mol. The maximum atomic E-state index is 13.2. The number of amides is 2. The lowest BCUT2D eigenvalue weighted by molar-refractivity contribution is -0.152. The van der Waals surface area contributed by atoms with Crippen LogP contribution < -0.4 is 5.32 Å². The lowest BCUT2D eigenvalue weighted by Crippen LogP contribution is -2.36. The molecule has 9 nitrogen and oxygen atoms in total. The van der Waals surface area contributed by atoms with Gasteiger partial charge in [0.1, 0.15) is 0 Å². The Morgan fingerprint density at radius 3 is 2.29 bits per heavy atom. The number of piperidine rings is 1. The number of benzene rings is 2. The number of anilines is 1. The number of esters is 2. The van der Waals surface area contributed by atoms with Gasteiger partial charge in [-0.25, -0.2) is 4.98 Å². The van der Waals surface area contributed by atoms with Gasteiger partial charge in [-0.05, 0) is 63.4 Å². The Balaban J connectivity index is 1.51. The fraction of sp³-hybridized carbons (Fsp3) is 0.370. The van der Waals surface area contributed by atoms with E-state index in [-0.39, 0.29) is 25.0 Å². The highest BCUT2D eigenvalue weighted by Gasteiger charge is 2.32. The second-order valence-electron chi connectivity index (χ2n) is 8.52. The largest absolute Gasteiger partial charge is 0.465 e. The molecule has 1 saturated heterocycles. The normalized spacial score (nSPS) is 13.4. The van der Waals surface area contributed by atoms with Crippen molar-refractivity contribution in [3.63, 3.8) is 0 Å². The molecule has 1 aliphatic rings. The summed E-state index contributed by atoms with van der Waals surface area (Å²) in [5.41, 5.74) is 1.89. The van der Waals surface area contributed by atoms with Crippen molar-refractivity contribution in [3.05, 3.63) is 53.6 Å². The minimum absolute atomic E-state index is 0.132. The zero-order valence-electron chi connectivity index (χ0n) is 21.2. The third kappa shape index (κ3) is 6.51. The highest BCUT2D eigenvalue weighted by atomic mass is 32.2. The predicted octanol–water partition coefficient (Wildman–Crippen LogP) is 4.76. The SMILES string of the molecule is CCOC(=O)C(Sc1nc2ccc(NC(=O)c3ccccc3C(=O)N3CCCCC3)cc2s1)C(=O)OCC. The molecule has 2 heterocycles. The highest BCUT2D eigenvalue weighted by molar-refractivity contribution is 8.03. The number of carbonyl (C=O) groups excluding carboxylic acids is 4. The van der Waals surface area contributed by atoms with Gasteiger partial charge < -0.3 is 19.7 Å². The van der Waals surface area contributed by atoms with Crippen LogP contribution in [0.5, 0.6) is 0 Å². The Bertz CT molecular complexity index is 1320. The number of hydrogen-bond acceptors (Lipinski definition) is 9. The van der Waals surface area contributed by atoms with Crippen LogP contribution >= 0.6 is 23.1 Å². The zero-order valence-corrected chi connectivity index (χ0v) is 22.9. The lowest BCUT2D eigenvalue weighted by Gasteiger charge is -2.27. The van der Waals surface area contributed by atoms with Crippen LogP contribution in [0.15, 0.2) is 46.8 Å². The van der Waals surface area contributed by atoms with Crippen LogP contribution in [-0.2, 0) is 19.1 Å². The van der Waals surface area contributed by atoms with Crippen molar-refractivity contribution in [1.29, 1.82) is 0 Å². The number of likely N-dealkylation sites (tertiary alicyclic amines) is 1. The van der Waals surface area contributed by atoms with Gasteiger partial charge >= 0.3 is 11.9 Å². The van der Waals surface area contributed by atoms with E-state index in [2.05, 4.69) is 10.3 Å². The van der Waals surface area contributed by atoms with Gasteiger partial charge in [0.2, 0.25) is 5.25 Å². The number of thioether (sulfide) groups is 1. The molecular formula is C27H29N3O6S2. The van der Waals surface area contributed by atoms with Crippen molar-refractivity contribution in [2.24, 2.45) is 0 Å². The fourth-order valence-corrected chi connectivity index (χ4v) is 6.26. The number of ether oxygens (including phenoxy) is 2. The summed E-state index contributed by atoms with van der Waals surface area (Å²) in [6.07, 6.45) is 3.05. The third-order valence-corrected chi connectivity index (χ3v) is 8.16. The zero-order chi connectivity index (χ0) is 27.1. The summed E-state index contributed by atoms with van der Waals surface area (Å²) in [4.78, 5) is 57.2. The maximum Gasteiger partial charge on any atom is 0.331 e. The first-order valence-electron chi connectivity index (χ1n) is 12.5. The van der Waals surface area contributed by atoms with E-state index >= 15 is 0 Å². The van der Waals surface area contributed by atoms with E-state index in [1.54, 1.807) is 61.2 Å². The third-order valence-electron chi connectivity index (χ3n) is 5.89. The summed E-state index contributed by atoms with van der Waals surface area (Å²) < 4.78 is 11.3. The summed E-state index contributed by atoms with van der Waals surface area (Å²) in [6.45, 7) is 5.02. The van der Waals surface area contributed by atoms with E-state index in [9.17, 15) is 19.2 Å². The van der Waals surface area contributed by atoms with E-state index in [4.69, 9.17) is 9.47 Å². The van der Waals surface area contributed by atoms with E-state index in [0.717, 1.165) is 35.7 Å². The molecule has 38 heavy (non-hydrogen) atoms. The first kappa shape index (κ1) is 27.6. The maximum absolute atomic E-state index is 13.2. The average Bonchev–Trinajstić information content (AvgIpc) is 3.34. The number of aromatic nitrogens is 1. The quantitative estimate of drug-likeness (QED) is 0.228. The molecule has 0 aliphatic carbocycles. The number of rotatable bonds is 9. The highest BCUT2D eigenvalue weighted by Crippen LogP contribution is 2.34. The van der Waals surface area contributed by atoms with Crippen molar-refractivity contribution >= 4 is 62.8 Å². The smallest absolute Gasteiger partial charge is 0.331 e. The van der Waals surface area contributed by atoms with Crippen LogP contribution in [0.3, 0.4) is 0 Å². The van der Waals surface area contributed by atoms with Crippen molar-refractivity contribution in [2.75, 3.05) is 31.6 Å². The Labute approximate surface area is 228 Å². The molecule has 2 amide bonds. The standard InChI is InChI=1S/C27H29N3O6S2/c1-3-35-25(33)22(26(34)36-4-2)38-27-29-20-13-12-17(16-21(20)37-27)28-23(31)18-10-6-7-11-19(18)24(32)30-14-8-5-9-15-30/h6-7,10-13,16,22H,3-5,8-9,14-15H2,1-2H3,(H,28,31). The lowest BCUT2D eigenvalue weighted by atomic mass is 10.0. The molecular weight excluding hydrogens is 526 g/mol. The van der Waals surface area contributed by atoms with E-state index in [0.29, 0.717) is 39.8 Å². The van der Waals surface area contributed by atoms with Gasteiger partial charge in [-0.3, -0.25) is 19.2 Å². The molecule has 0 unspecified atom stereocenters. The number of hydrogen-bond donors (Lipinski definition) is 1. The molecule has 0 atom stereocenters. The van der Waals surface area contributed by atoms with Gasteiger partial charge in [0.25, 0.3) is 11.8 Å². The molecule has 1 aromatic heterocycles. The summed E-state index contributed by atoms with van der Waals surface area (Å²) in [6, 6.07) is 12.1. The Morgan fingerprint density at radius 1 is 0.974 bits per heavy atom.